The number of ketones is 2. The Morgan fingerprint density at radius 1 is 1.13 bits per heavy atom. The number of fused-ring (bicyclic) bond motifs is 7. The Morgan fingerprint density at radius 2 is 1.91 bits per heavy atom. The van der Waals surface area contributed by atoms with Gasteiger partial charge in [-0.3, -0.25) is 9.59 Å². The van der Waals surface area contributed by atoms with E-state index in [0.29, 0.717) is 35.2 Å². The van der Waals surface area contributed by atoms with Crippen molar-refractivity contribution in [1.82, 2.24) is 0 Å². The molecule has 0 heterocycles. The van der Waals surface area contributed by atoms with E-state index in [0.717, 1.165) is 38.5 Å². The Bertz CT molecular complexity index is 686. The first-order valence-electron chi connectivity index (χ1n) is 9.35. The van der Waals surface area contributed by atoms with E-state index < -0.39 is 0 Å². The lowest BCUT2D eigenvalue weighted by Crippen LogP contribution is -2.52. The maximum Gasteiger partial charge on any atom is 0.159 e. The van der Waals surface area contributed by atoms with Gasteiger partial charge >= 0.3 is 0 Å². The molecule has 0 aliphatic heterocycles. The molecule has 0 aromatic heterocycles. The average molecular weight is 310 g/mol. The van der Waals surface area contributed by atoms with Crippen molar-refractivity contribution >= 4 is 11.6 Å². The summed E-state index contributed by atoms with van der Waals surface area (Å²) in [4.78, 5) is 24.7. The summed E-state index contributed by atoms with van der Waals surface area (Å²) in [5.41, 5.74) is 2.53. The molecule has 0 aromatic rings. The van der Waals surface area contributed by atoms with Gasteiger partial charge in [0.25, 0.3) is 0 Å². The number of hydrogen-bond acceptors (Lipinski definition) is 2. The highest BCUT2D eigenvalue weighted by Gasteiger charge is 2.66. The molecule has 0 aromatic carbocycles. The highest BCUT2D eigenvalue weighted by atomic mass is 16.1. The van der Waals surface area contributed by atoms with Gasteiger partial charge in [0, 0.05) is 17.8 Å². The normalized spacial score (nSPS) is 53.9. The minimum atomic E-state index is -0.0769. The second-order valence-corrected chi connectivity index (χ2v) is 9.29. The quantitative estimate of drug-likeness (QED) is 0.675. The molecule has 0 radical (unpaired) electrons. The van der Waals surface area contributed by atoms with Crippen LogP contribution in [0.25, 0.3) is 0 Å². The zero-order valence-corrected chi connectivity index (χ0v) is 14.2. The Labute approximate surface area is 138 Å². The maximum absolute atomic E-state index is 12.5. The van der Waals surface area contributed by atoms with Gasteiger partial charge in [-0.1, -0.05) is 26.0 Å². The Kier molecular flexibility index (Phi) is 2.51. The number of rotatable bonds is 0. The molecule has 0 spiro atoms. The van der Waals surface area contributed by atoms with E-state index in [4.69, 9.17) is 0 Å². The average Bonchev–Trinajstić information content (AvgIpc) is 3.26. The van der Waals surface area contributed by atoms with E-state index in [1.807, 2.05) is 6.08 Å². The van der Waals surface area contributed by atoms with Crippen LogP contribution in [0.3, 0.4) is 0 Å². The number of hydrogen-bond donors (Lipinski definition) is 0. The summed E-state index contributed by atoms with van der Waals surface area (Å²) in [6.45, 7) is 9.01. The molecule has 122 valence electrons. The van der Waals surface area contributed by atoms with Crippen molar-refractivity contribution in [3.63, 3.8) is 0 Å². The fourth-order valence-corrected chi connectivity index (χ4v) is 7.22. The molecular formula is C21H26O2. The lowest BCUT2D eigenvalue weighted by Gasteiger charge is -2.57. The van der Waals surface area contributed by atoms with E-state index >= 15 is 0 Å². The number of carbonyl (C=O) groups is 2. The van der Waals surface area contributed by atoms with Gasteiger partial charge in [0.2, 0.25) is 0 Å². The predicted octanol–water partition coefficient (Wildman–Crippen LogP) is 4.11. The van der Waals surface area contributed by atoms with E-state index in [1.54, 1.807) is 0 Å². The van der Waals surface area contributed by atoms with Crippen LogP contribution in [0, 0.1) is 40.4 Å². The molecule has 0 amide bonds. The van der Waals surface area contributed by atoms with Gasteiger partial charge in [-0.25, -0.2) is 0 Å². The zero-order valence-electron chi connectivity index (χ0n) is 14.2. The number of Topliss-reactive ketones (excluding diaryl/α,β-unsaturated/α-hetero) is 1. The van der Waals surface area contributed by atoms with Gasteiger partial charge in [-0.2, -0.15) is 0 Å². The van der Waals surface area contributed by atoms with Gasteiger partial charge < -0.3 is 0 Å². The Balaban J connectivity index is 1.60. The van der Waals surface area contributed by atoms with Crippen LogP contribution < -0.4 is 0 Å². The van der Waals surface area contributed by atoms with E-state index in [2.05, 4.69) is 20.4 Å². The molecule has 2 unspecified atom stereocenters. The minimum Gasteiger partial charge on any atom is -0.299 e. The fraction of sp³-hybridized carbons (Fsp3) is 0.714. The van der Waals surface area contributed by atoms with Crippen molar-refractivity contribution in [3.05, 3.63) is 23.8 Å². The highest BCUT2D eigenvalue weighted by Crippen LogP contribution is 2.71. The van der Waals surface area contributed by atoms with Crippen LogP contribution in [0.5, 0.6) is 0 Å². The Hall–Kier alpha value is -1.18. The molecule has 2 heteroatoms. The SMILES string of the molecule is C=C1C[C@H]2[C@@H]3CCC(=O)[C@@]3(C)CC[C@@H]2[C@]2(C)C1=CC(=O)C1CC12. The van der Waals surface area contributed by atoms with E-state index in [9.17, 15) is 9.59 Å². The third-order valence-corrected chi connectivity index (χ3v) is 8.57. The molecule has 0 bridgehead atoms. The van der Waals surface area contributed by atoms with Crippen LogP contribution in [0.2, 0.25) is 0 Å². The largest absolute Gasteiger partial charge is 0.299 e. The van der Waals surface area contributed by atoms with Gasteiger partial charge in [0.05, 0.1) is 0 Å². The van der Waals surface area contributed by atoms with Crippen molar-refractivity contribution in [1.29, 1.82) is 0 Å². The van der Waals surface area contributed by atoms with Crippen molar-refractivity contribution in [2.24, 2.45) is 40.4 Å². The van der Waals surface area contributed by atoms with Crippen molar-refractivity contribution < 1.29 is 9.59 Å². The summed E-state index contributed by atoms with van der Waals surface area (Å²) in [5.74, 6) is 3.46. The smallest absolute Gasteiger partial charge is 0.159 e. The summed E-state index contributed by atoms with van der Waals surface area (Å²) < 4.78 is 0. The van der Waals surface area contributed by atoms with Gasteiger partial charge in [-0.15, -0.1) is 0 Å². The molecule has 7 atom stereocenters. The van der Waals surface area contributed by atoms with Crippen molar-refractivity contribution in [2.75, 3.05) is 0 Å². The van der Waals surface area contributed by atoms with Crippen LogP contribution in [-0.2, 0) is 9.59 Å². The zero-order chi connectivity index (χ0) is 16.1. The first kappa shape index (κ1) is 14.2. The summed E-state index contributed by atoms with van der Waals surface area (Å²) in [5, 5.41) is 0. The van der Waals surface area contributed by atoms with E-state index in [-0.39, 0.29) is 16.7 Å². The third kappa shape index (κ3) is 1.51. The second kappa shape index (κ2) is 4.07. The molecular weight excluding hydrogens is 284 g/mol. The lowest BCUT2D eigenvalue weighted by atomic mass is 9.46. The van der Waals surface area contributed by atoms with E-state index in [1.165, 1.54) is 11.1 Å². The minimum absolute atomic E-state index is 0.0769. The maximum atomic E-state index is 12.5. The molecule has 0 N–H and O–H groups in total. The number of carbonyl (C=O) groups excluding carboxylic acids is 2. The van der Waals surface area contributed by atoms with Crippen LogP contribution in [0.1, 0.15) is 52.4 Å². The van der Waals surface area contributed by atoms with Crippen LogP contribution in [0.4, 0.5) is 0 Å². The van der Waals surface area contributed by atoms with Crippen molar-refractivity contribution in [2.45, 2.75) is 52.4 Å². The first-order valence-corrected chi connectivity index (χ1v) is 9.35. The van der Waals surface area contributed by atoms with Crippen LogP contribution in [-0.4, -0.2) is 11.6 Å². The molecule has 4 saturated carbocycles. The topological polar surface area (TPSA) is 34.1 Å². The molecule has 0 saturated heterocycles. The molecule has 23 heavy (non-hydrogen) atoms. The fourth-order valence-electron chi connectivity index (χ4n) is 7.22. The molecule has 5 aliphatic rings. The molecule has 5 aliphatic carbocycles. The molecule has 4 fully saturated rings. The summed E-state index contributed by atoms with van der Waals surface area (Å²) in [6, 6.07) is 0. The lowest BCUT2D eigenvalue weighted by molar-refractivity contribution is -0.132. The molecule has 2 nitrogen and oxygen atoms in total. The molecule has 5 rings (SSSR count). The standard InChI is InChI=1S/C21H26O2/c1-11-8-12-14-4-5-19(23)20(14,2)7-6-15(12)21(3)16(11)10-18(22)13-9-17(13)21/h10,12-15,17H,1,4-9H2,2-3H3/t12-,13?,14-,15-,17?,20-,21+/m0/s1. The predicted molar refractivity (Wildman–Crippen MR) is 88.6 cm³/mol. The second-order valence-electron chi connectivity index (χ2n) is 9.29. The number of allylic oxidation sites excluding steroid dienone is 2. The first-order chi connectivity index (χ1) is 10.9. The van der Waals surface area contributed by atoms with Gasteiger partial charge in [-0.05, 0) is 72.8 Å². The summed E-state index contributed by atoms with van der Waals surface area (Å²) >= 11 is 0. The van der Waals surface area contributed by atoms with Gasteiger partial charge in [0.1, 0.15) is 5.78 Å². The highest BCUT2D eigenvalue weighted by molar-refractivity contribution is 5.97. The Morgan fingerprint density at radius 3 is 2.70 bits per heavy atom. The third-order valence-electron chi connectivity index (χ3n) is 8.57. The van der Waals surface area contributed by atoms with Crippen LogP contribution in [0.15, 0.2) is 23.8 Å². The monoisotopic (exact) mass is 310 g/mol. The van der Waals surface area contributed by atoms with Gasteiger partial charge in [0.15, 0.2) is 5.78 Å². The summed E-state index contributed by atoms with van der Waals surface area (Å²) in [7, 11) is 0. The van der Waals surface area contributed by atoms with Crippen LogP contribution >= 0.6 is 0 Å². The van der Waals surface area contributed by atoms with Crippen molar-refractivity contribution in [3.8, 4) is 0 Å². The summed E-state index contributed by atoms with van der Waals surface area (Å²) in [6.07, 6.45) is 8.09.